The predicted molar refractivity (Wildman–Crippen MR) is 112 cm³/mol. The van der Waals surface area contributed by atoms with Gasteiger partial charge in [-0.15, -0.1) is 0 Å². The van der Waals surface area contributed by atoms with Crippen molar-refractivity contribution in [1.82, 2.24) is 0 Å². The molecule has 12 heteroatoms. The van der Waals surface area contributed by atoms with Gasteiger partial charge in [-0.1, -0.05) is 26.0 Å². The molecule has 35 heavy (non-hydrogen) atoms. The summed E-state index contributed by atoms with van der Waals surface area (Å²) in [6.45, 7) is 4.11. The van der Waals surface area contributed by atoms with Crippen LogP contribution in [0.25, 0.3) is 0 Å². The zero-order chi connectivity index (χ0) is 25.6. The van der Waals surface area contributed by atoms with Crippen LogP contribution in [-0.4, -0.2) is 83.5 Å². The largest absolute Gasteiger partial charge is 0.411 e. The van der Waals surface area contributed by atoms with Gasteiger partial charge in [0.1, 0.15) is 31.0 Å². The van der Waals surface area contributed by atoms with Crippen LogP contribution in [-0.2, 0) is 28.4 Å². The summed E-state index contributed by atoms with van der Waals surface area (Å²) in [6.07, 6.45) is -6.71. The average Bonchev–Trinajstić information content (AvgIpc) is 3.40. The third-order valence-electron chi connectivity index (χ3n) is 7.56. The smallest absolute Gasteiger partial charge is 0.368 e. The van der Waals surface area contributed by atoms with Crippen molar-refractivity contribution in [3.05, 3.63) is 12.2 Å². The fourth-order valence-electron chi connectivity index (χ4n) is 5.30. The number of aliphatic hydroxyl groups is 3. The number of halogens is 3. The molecule has 202 valence electrons. The Morgan fingerprint density at radius 3 is 2.37 bits per heavy atom. The maximum Gasteiger partial charge on any atom is 0.411 e. The summed E-state index contributed by atoms with van der Waals surface area (Å²) in [5.41, 5.74) is -0.662. The highest BCUT2D eigenvalue weighted by Crippen LogP contribution is 2.50. The molecule has 1 saturated carbocycles. The standard InChI is InChI=1S/C23H35F3O9/c1-4-8-21(3,5-2)20(29)33-15-13-14(31-18(15)28)16-19(32-13)35-22(34-16)9-6-12(7-10-22)17(27)30-11-23(24,25)26/h4,8,12-20,27-29H,5-7,9-11H2,1-3H3/b8-4-. The number of alkyl halides is 3. The molecule has 9 atom stereocenters. The van der Waals surface area contributed by atoms with E-state index in [2.05, 4.69) is 4.74 Å². The van der Waals surface area contributed by atoms with Crippen LogP contribution in [0.15, 0.2) is 12.2 Å². The van der Waals surface area contributed by atoms with Gasteiger partial charge in [0.05, 0.1) is 0 Å². The van der Waals surface area contributed by atoms with Crippen LogP contribution in [0, 0.1) is 11.3 Å². The fourth-order valence-corrected chi connectivity index (χ4v) is 5.30. The van der Waals surface area contributed by atoms with Crippen molar-refractivity contribution >= 4 is 0 Å². The van der Waals surface area contributed by atoms with Crippen molar-refractivity contribution in [3.63, 3.8) is 0 Å². The number of hydrogen-bond donors (Lipinski definition) is 3. The lowest BCUT2D eigenvalue weighted by atomic mass is 9.84. The summed E-state index contributed by atoms with van der Waals surface area (Å²) in [4.78, 5) is 0. The minimum Gasteiger partial charge on any atom is -0.368 e. The molecule has 1 aliphatic carbocycles. The van der Waals surface area contributed by atoms with Crippen LogP contribution in [0.1, 0.15) is 52.9 Å². The Morgan fingerprint density at radius 2 is 1.77 bits per heavy atom. The highest BCUT2D eigenvalue weighted by atomic mass is 19.4. The SMILES string of the molecule is C/C=C\C(C)(CC)C(O)OC1C(O)OC2C3OC4(CCC(C(O)OCC(F)(F)F)CC4)OC3OC12. The van der Waals surface area contributed by atoms with Crippen molar-refractivity contribution < 1.29 is 56.9 Å². The van der Waals surface area contributed by atoms with Gasteiger partial charge >= 0.3 is 6.18 Å². The normalized spacial score (nSPS) is 42.8. The second-order valence-electron chi connectivity index (χ2n) is 10.0. The number of fused-ring (bicyclic) bond motifs is 3. The van der Waals surface area contributed by atoms with E-state index in [1.54, 1.807) is 0 Å². The molecule has 3 heterocycles. The zero-order valence-electron chi connectivity index (χ0n) is 20.0. The third-order valence-corrected chi connectivity index (χ3v) is 7.56. The first-order valence-corrected chi connectivity index (χ1v) is 12.1. The molecule has 0 aromatic rings. The van der Waals surface area contributed by atoms with Crippen molar-refractivity contribution in [2.75, 3.05) is 6.61 Å². The Labute approximate surface area is 202 Å². The molecule has 3 aliphatic heterocycles. The van der Waals surface area contributed by atoms with E-state index in [0.717, 1.165) is 0 Å². The molecule has 0 aromatic carbocycles. The van der Waals surface area contributed by atoms with Crippen molar-refractivity contribution in [2.45, 2.75) is 114 Å². The molecule has 4 aliphatic rings. The Kier molecular flexibility index (Phi) is 7.89. The van der Waals surface area contributed by atoms with Gasteiger partial charge in [-0.25, -0.2) is 0 Å². The second kappa shape index (κ2) is 10.1. The lowest BCUT2D eigenvalue weighted by molar-refractivity contribution is -0.271. The van der Waals surface area contributed by atoms with E-state index in [4.69, 9.17) is 23.7 Å². The number of ether oxygens (including phenoxy) is 6. The second-order valence-corrected chi connectivity index (χ2v) is 10.0. The first-order valence-electron chi connectivity index (χ1n) is 12.1. The van der Waals surface area contributed by atoms with Crippen LogP contribution < -0.4 is 0 Å². The molecule has 4 rings (SSSR count). The molecular weight excluding hydrogens is 477 g/mol. The topological polar surface area (TPSA) is 116 Å². The van der Waals surface area contributed by atoms with Gasteiger partial charge in [0.15, 0.2) is 30.9 Å². The van der Waals surface area contributed by atoms with E-state index in [1.165, 1.54) is 0 Å². The summed E-state index contributed by atoms with van der Waals surface area (Å²) in [5, 5.41) is 31.1. The Hall–Kier alpha value is -0.830. The highest BCUT2D eigenvalue weighted by Gasteiger charge is 2.65. The summed E-state index contributed by atoms with van der Waals surface area (Å²) >= 11 is 0. The van der Waals surface area contributed by atoms with E-state index >= 15 is 0 Å². The lowest BCUT2D eigenvalue weighted by Gasteiger charge is -2.38. The fraction of sp³-hybridized carbons (Fsp3) is 0.913. The summed E-state index contributed by atoms with van der Waals surface area (Å²) in [6, 6.07) is 0. The third kappa shape index (κ3) is 5.55. The lowest BCUT2D eigenvalue weighted by Crippen LogP contribution is -2.45. The number of hydrogen-bond acceptors (Lipinski definition) is 9. The van der Waals surface area contributed by atoms with Crippen molar-refractivity contribution in [1.29, 1.82) is 0 Å². The molecule has 1 spiro atoms. The van der Waals surface area contributed by atoms with E-state index < -0.39 is 79.5 Å². The number of aliphatic hydroxyl groups excluding tert-OH is 3. The molecule has 4 fully saturated rings. The Bertz CT molecular complexity index is 757. The average molecular weight is 513 g/mol. The monoisotopic (exact) mass is 512 g/mol. The maximum atomic E-state index is 12.4. The molecule has 0 bridgehead atoms. The van der Waals surface area contributed by atoms with Crippen LogP contribution in [0.3, 0.4) is 0 Å². The van der Waals surface area contributed by atoms with Crippen LogP contribution in [0.5, 0.6) is 0 Å². The van der Waals surface area contributed by atoms with Gasteiger partial charge in [0, 0.05) is 24.2 Å². The van der Waals surface area contributed by atoms with Crippen LogP contribution >= 0.6 is 0 Å². The van der Waals surface area contributed by atoms with E-state index in [0.29, 0.717) is 32.1 Å². The van der Waals surface area contributed by atoms with Crippen molar-refractivity contribution in [2.24, 2.45) is 11.3 Å². The van der Waals surface area contributed by atoms with Gasteiger partial charge in [0.25, 0.3) is 0 Å². The molecule has 3 saturated heterocycles. The zero-order valence-corrected chi connectivity index (χ0v) is 20.0. The van der Waals surface area contributed by atoms with Gasteiger partial charge in [-0.2, -0.15) is 13.2 Å². The molecule has 0 amide bonds. The summed E-state index contributed by atoms with van der Waals surface area (Å²) in [5.74, 6) is -1.49. The van der Waals surface area contributed by atoms with E-state index in [1.807, 2.05) is 32.9 Å². The Morgan fingerprint density at radius 1 is 1.09 bits per heavy atom. The summed E-state index contributed by atoms with van der Waals surface area (Å²) in [7, 11) is 0. The minimum atomic E-state index is -4.51. The van der Waals surface area contributed by atoms with E-state index in [-0.39, 0.29) is 0 Å². The first kappa shape index (κ1) is 27.2. The van der Waals surface area contributed by atoms with Crippen LogP contribution in [0.2, 0.25) is 0 Å². The van der Waals surface area contributed by atoms with E-state index in [9.17, 15) is 28.5 Å². The van der Waals surface area contributed by atoms with Gasteiger partial charge in [-0.3, -0.25) is 0 Å². The molecule has 0 aromatic heterocycles. The molecular formula is C23H35F3O9. The molecule has 0 radical (unpaired) electrons. The quantitative estimate of drug-likeness (QED) is 0.333. The molecule has 9 unspecified atom stereocenters. The van der Waals surface area contributed by atoms with Gasteiger partial charge in [0.2, 0.25) is 0 Å². The number of rotatable bonds is 8. The maximum absolute atomic E-state index is 12.4. The van der Waals surface area contributed by atoms with Crippen LogP contribution in [0.4, 0.5) is 13.2 Å². The highest BCUT2D eigenvalue weighted by molar-refractivity contribution is 5.05. The summed E-state index contributed by atoms with van der Waals surface area (Å²) < 4.78 is 71.4. The first-order chi connectivity index (χ1) is 16.4. The van der Waals surface area contributed by atoms with Gasteiger partial charge in [-0.05, 0) is 26.2 Å². The minimum absolute atomic E-state index is 0.331. The molecule has 9 nitrogen and oxygen atoms in total. The molecule has 3 N–H and O–H groups in total. The van der Waals surface area contributed by atoms with Gasteiger partial charge < -0.3 is 43.7 Å². The number of allylic oxidation sites excluding steroid dienone is 1. The Balaban J connectivity index is 1.32. The predicted octanol–water partition coefficient (Wildman–Crippen LogP) is 2.32. The van der Waals surface area contributed by atoms with Crippen molar-refractivity contribution in [3.8, 4) is 0 Å².